The van der Waals surface area contributed by atoms with Crippen LogP contribution < -0.4 is 4.72 Å². The van der Waals surface area contributed by atoms with E-state index >= 15 is 0 Å². The van der Waals surface area contributed by atoms with Gasteiger partial charge >= 0.3 is 6.18 Å². The number of aryl methyl sites for hydroxylation is 1. The molecule has 0 spiro atoms. The number of hydrogen-bond acceptors (Lipinski definition) is 2. The van der Waals surface area contributed by atoms with Crippen molar-refractivity contribution >= 4 is 25.7 Å². The molecule has 0 aliphatic heterocycles. The maximum Gasteiger partial charge on any atom is 0.416 e. The molecule has 0 saturated heterocycles. The van der Waals surface area contributed by atoms with Crippen LogP contribution in [0.25, 0.3) is 0 Å². The van der Waals surface area contributed by atoms with Gasteiger partial charge in [-0.05, 0) is 60.8 Å². The molecule has 146 valence electrons. The third-order valence-corrected chi connectivity index (χ3v) is 5.54. The lowest BCUT2D eigenvalue weighted by Gasteiger charge is -2.17. The van der Waals surface area contributed by atoms with E-state index in [-0.39, 0.29) is 21.7 Å². The maximum atomic E-state index is 13.2. The highest BCUT2D eigenvalue weighted by atomic mass is 32.3. The number of halogens is 3. The van der Waals surface area contributed by atoms with Crippen molar-refractivity contribution in [1.82, 2.24) is 0 Å². The molecule has 27 heavy (non-hydrogen) atoms. The number of alkyl halides is 3. The van der Waals surface area contributed by atoms with E-state index in [1.54, 1.807) is 6.07 Å². The van der Waals surface area contributed by atoms with Gasteiger partial charge in [0.25, 0.3) is 10.0 Å². The number of hydrogen-bond donors (Lipinski definition) is 1. The summed E-state index contributed by atoms with van der Waals surface area (Å²) in [6.45, 7) is 1.48. The van der Waals surface area contributed by atoms with Crippen LogP contribution in [-0.2, 0) is 16.2 Å². The van der Waals surface area contributed by atoms with Crippen molar-refractivity contribution in [3.63, 3.8) is 0 Å². The Morgan fingerprint density at radius 1 is 1.00 bits per heavy atom. The summed E-state index contributed by atoms with van der Waals surface area (Å²) in [6.07, 6.45) is 1.21. The van der Waals surface area contributed by atoms with Gasteiger partial charge in [0.1, 0.15) is 0 Å². The lowest BCUT2D eigenvalue weighted by atomic mass is 10.0. The predicted molar refractivity (Wildman–Crippen MR) is 106 cm³/mol. The second-order valence-electron chi connectivity index (χ2n) is 6.70. The molecule has 0 aliphatic rings. The highest BCUT2D eigenvalue weighted by molar-refractivity contribution is 8.36. The van der Waals surface area contributed by atoms with E-state index < -0.39 is 31.8 Å². The third-order valence-electron chi connectivity index (χ3n) is 3.44. The Morgan fingerprint density at radius 3 is 2.11 bits per heavy atom. The van der Waals surface area contributed by atoms with Crippen LogP contribution in [0.3, 0.4) is 0 Å². The van der Waals surface area contributed by atoms with E-state index in [2.05, 4.69) is 15.9 Å². The summed E-state index contributed by atoms with van der Waals surface area (Å²) in [5.74, 6) is 2.87. The first kappa shape index (κ1) is 21.2. The highest BCUT2D eigenvalue weighted by Crippen LogP contribution is 2.36. The summed E-state index contributed by atoms with van der Waals surface area (Å²) in [5.41, 5.74) is -0.613. The van der Waals surface area contributed by atoms with Gasteiger partial charge in [-0.3, -0.25) is 4.72 Å². The molecule has 0 unspecified atom stereocenters. The molecule has 0 amide bonds. The van der Waals surface area contributed by atoms with Gasteiger partial charge in [-0.1, -0.05) is 24.1 Å². The van der Waals surface area contributed by atoms with Crippen LogP contribution in [0.15, 0.2) is 47.4 Å². The normalized spacial score (nSPS) is 12.9. The molecule has 2 aromatic carbocycles. The molecule has 0 fully saturated rings. The molecule has 0 heterocycles. The monoisotopic (exact) mass is 415 g/mol. The molecule has 0 saturated carbocycles. The van der Waals surface area contributed by atoms with Gasteiger partial charge in [0.15, 0.2) is 0 Å². The minimum absolute atomic E-state index is 0.0413. The van der Waals surface area contributed by atoms with Gasteiger partial charge < -0.3 is 0 Å². The zero-order valence-electron chi connectivity index (χ0n) is 15.3. The Hall–Kier alpha value is -2.11. The summed E-state index contributed by atoms with van der Waals surface area (Å²) >= 11 is 0. The SMILES string of the molecule is Cc1cc(C(F)(F)F)cc(NS(=O)(=O)c2ccccc2)c1C#CS(C)(C)C. The number of anilines is 1. The van der Waals surface area contributed by atoms with Gasteiger partial charge in [0.2, 0.25) is 0 Å². The molecule has 0 atom stereocenters. The van der Waals surface area contributed by atoms with Gasteiger partial charge in [0, 0.05) is 0 Å². The second-order valence-corrected chi connectivity index (χ2v) is 12.3. The van der Waals surface area contributed by atoms with Crippen molar-refractivity contribution in [3.8, 4) is 11.2 Å². The first-order valence-electron chi connectivity index (χ1n) is 7.80. The van der Waals surface area contributed by atoms with Crippen LogP contribution in [0.5, 0.6) is 0 Å². The standard InChI is InChI=1S/C19H20F3NO2S2/c1-14-12-15(19(20,21)22)13-18(17(14)10-11-26(2,3)4)23-27(24,25)16-8-6-5-7-9-16/h5-9,12-13,23H,1-4H3. The smallest absolute Gasteiger partial charge is 0.278 e. The van der Waals surface area contributed by atoms with Crippen LogP contribution in [0, 0.1) is 18.1 Å². The zero-order valence-corrected chi connectivity index (χ0v) is 16.9. The Morgan fingerprint density at radius 2 is 1.59 bits per heavy atom. The molecule has 2 rings (SSSR count). The lowest BCUT2D eigenvalue weighted by Crippen LogP contribution is -2.16. The molecule has 8 heteroatoms. The summed E-state index contributed by atoms with van der Waals surface area (Å²) < 4.78 is 67.1. The quantitative estimate of drug-likeness (QED) is 0.731. The van der Waals surface area contributed by atoms with Gasteiger partial charge in [0.05, 0.1) is 21.7 Å². The second kappa shape index (κ2) is 7.49. The Balaban J connectivity index is 2.64. The van der Waals surface area contributed by atoms with E-state index in [1.165, 1.54) is 31.2 Å². The predicted octanol–water partition coefficient (Wildman–Crippen LogP) is 4.82. The summed E-state index contributed by atoms with van der Waals surface area (Å²) in [7, 11) is -5.30. The summed E-state index contributed by atoms with van der Waals surface area (Å²) in [4.78, 5) is -0.0413. The van der Waals surface area contributed by atoms with Crippen LogP contribution in [-0.4, -0.2) is 27.2 Å². The molecule has 0 bridgehead atoms. The summed E-state index contributed by atoms with van der Waals surface area (Å²) in [5, 5.41) is 3.02. The maximum absolute atomic E-state index is 13.2. The van der Waals surface area contributed by atoms with Crippen molar-refractivity contribution in [1.29, 1.82) is 0 Å². The number of benzene rings is 2. The van der Waals surface area contributed by atoms with Crippen molar-refractivity contribution in [2.75, 3.05) is 23.5 Å². The average Bonchev–Trinajstić information content (AvgIpc) is 2.52. The van der Waals surface area contributed by atoms with Crippen molar-refractivity contribution in [2.24, 2.45) is 0 Å². The molecule has 3 nitrogen and oxygen atoms in total. The molecule has 0 radical (unpaired) electrons. The first-order chi connectivity index (χ1) is 12.3. The van der Waals surface area contributed by atoms with Crippen molar-refractivity contribution in [2.45, 2.75) is 18.0 Å². The third kappa shape index (κ3) is 5.68. The molecule has 0 aromatic heterocycles. The zero-order chi connectivity index (χ0) is 20.5. The van der Waals surface area contributed by atoms with E-state index in [9.17, 15) is 21.6 Å². The Kier molecular flexibility index (Phi) is 5.88. The minimum Gasteiger partial charge on any atom is -0.278 e. The number of sulfonamides is 1. The molecule has 1 N–H and O–H groups in total. The van der Waals surface area contributed by atoms with E-state index in [1.807, 2.05) is 18.8 Å². The van der Waals surface area contributed by atoms with Crippen molar-refractivity contribution < 1.29 is 21.6 Å². The minimum atomic E-state index is -4.60. The highest BCUT2D eigenvalue weighted by Gasteiger charge is 2.32. The van der Waals surface area contributed by atoms with Crippen LogP contribution >= 0.6 is 10.0 Å². The van der Waals surface area contributed by atoms with Crippen molar-refractivity contribution in [3.05, 3.63) is 59.2 Å². The van der Waals surface area contributed by atoms with E-state index in [4.69, 9.17) is 0 Å². The first-order valence-corrected chi connectivity index (χ1v) is 12.1. The molecular weight excluding hydrogens is 395 g/mol. The fraction of sp³-hybridized carbons (Fsp3) is 0.263. The fourth-order valence-corrected chi connectivity index (χ4v) is 3.70. The largest absolute Gasteiger partial charge is 0.416 e. The average molecular weight is 416 g/mol. The molecule has 2 aromatic rings. The summed E-state index contributed by atoms with van der Waals surface area (Å²) in [6, 6.07) is 9.22. The van der Waals surface area contributed by atoms with E-state index in [0.717, 1.165) is 12.1 Å². The Labute approximate surface area is 159 Å². The van der Waals surface area contributed by atoms with Gasteiger partial charge in [-0.25, -0.2) is 8.42 Å². The fourth-order valence-electron chi connectivity index (χ4n) is 2.20. The molecule has 0 aliphatic carbocycles. The topological polar surface area (TPSA) is 46.2 Å². The van der Waals surface area contributed by atoms with Gasteiger partial charge in [-0.15, -0.1) is 0 Å². The number of nitrogens with one attached hydrogen (secondary N) is 1. The van der Waals surface area contributed by atoms with Crippen LogP contribution in [0.4, 0.5) is 18.9 Å². The lowest BCUT2D eigenvalue weighted by molar-refractivity contribution is -0.137. The van der Waals surface area contributed by atoms with Gasteiger partial charge in [-0.2, -0.15) is 23.2 Å². The Bertz CT molecular complexity index is 997. The molecular formula is C19H20F3NO2S2. The van der Waals surface area contributed by atoms with Crippen LogP contribution in [0.1, 0.15) is 16.7 Å². The van der Waals surface area contributed by atoms with E-state index in [0.29, 0.717) is 0 Å². The van der Waals surface area contributed by atoms with Crippen LogP contribution in [0.2, 0.25) is 0 Å². The number of rotatable bonds is 3.